The van der Waals surface area contributed by atoms with Gasteiger partial charge in [-0.25, -0.2) is 0 Å². The SMILES string of the molecule is c1ccc2c(c1)[I-]c1cc3c(cc1-2)c1cc2c(cc1n1cc4ccccc4c31)sc1ccccc12. The summed E-state index contributed by atoms with van der Waals surface area (Å²) < 4.78 is 8.26. The number of halogens is 1. The second-order valence-electron chi connectivity index (χ2n) is 9.35. The molecule has 0 fully saturated rings. The van der Waals surface area contributed by atoms with Gasteiger partial charge in [0.05, 0.1) is 0 Å². The Kier molecular flexibility index (Phi) is 3.57. The third-order valence-corrected chi connectivity index (χ3v) is 11.6. The van der Waals surface area contributed by atoms with Crippen LogP contribution in [0.5, 0.6) is 0 Å². The van der Waals surface area contributed by atoms with E-state index in [9.17, 15) is 0 Å². The number of rotatable bonds is 0. The van der Waals surface area contributed by atoms with Crippen LogP contribution in [0.1, 0.15) is 0 Å². The third kappa shape index (κ3) is 2.42. The molecule has 1 nitrogen and oxygen atoms in total. The number of fused-ring (bicyclic) bond motifs is 14. The standard InChI is InChI=1S/C32H17INS/c1-2-8-19-18(7-1)17-34-29-16-31-25(21-10-4-6-12-30(21)35-31)14-24(29)22-13-23-20-9-3-5-11-27(20)33-28(23)15-26(22)32(19)34/h1-17H/q-1. The zero-order valence-corrected chi connectivity index (χ0v) is 21.5. The molecule has 0 amide bonds. The number of aromatic nitrogens is 1. The van der Waals surface area contributed by atoms with Crippen LogP contribution in [-0.2, 0) is 0 Å². The van der Waals surface area contributed by atoms with Gasteiger partial charge in [-0.15, -0.1) is 0 Å². The van der Waals surface area contributed by atoms with Crippen LogP contribution in [0.15, 0.2) is 103 Å². The van der Waals surface area contributed by atoms with Gasteiger partial charge in [-0.05, 0) is 0 Å². The maximum atomic E-state index is 2.52. The molecule has 0 spiro atoms. The molecule has 0 saturated heterocycles. The van der Waals surface area contributed by atoms with Crippen molar-refractivity contribution in [2.24, 2.45) is 0 Å². The molecule has 0 N–H and O–H groups in total. The van der Waals surface area contributed by atoms with Crippen LogP contribution in [0.4, 0.5) is 0 Å². The van der Waals surface area contributed by atoms with Crippen molar-refractivity contribution in [2.75, 3.05) is 0 Å². The molecule has 35 heavy (non-hydrogen) atoms. The molecule has 1 aliphatic heterocycles. The first-order chi connectivity index (χ1) is 17.3. The van der Waals surface area contributed by atoms with Crippen molar-refractivity contribution in [1.82, 2.24) is 4.40 Å². The van der Waals surface area contributed by atoms with Crippen LogP contribution in [0.25, 0.3) is 69.3 Å². The summed E-state index contributed by atoms with van der Waals surface area (Å²) in [5.41, 5.74) is 5.51. The average Bonchev–Trinajstić information content (AvgIpc) is 3.57. The van der Waals surface area contributed by atoms with Crippen LogP contribution in [0.2, 0.25) is 0 Å². The van der Waals surface area contributed by atoms with Gasteiger partial charge in [0, 0.05) is 0 Å². The molecular weight excluding hydrogens is 557 g/mol. The number of pyridine rings is 1. The zero-order valence-electron chi connectivity index (χ0n) is 18.5. The molecule has 0 radical (unpaired) electrons. The molecule has 1 aliphatic rings. The fraction of sp³-hybridized carbons (Fsp3) is 0. The Hall–Kier alpha value is -3.41. The molecule has 9 rings (SSSR count). The minimum absolute atomic E-state index is 0.155. The minimum atomic E-state index is -0.155. The third-order valence-electron chi connectivity index (χ3n) is 7.50. The van der Waals surface area contributed by atoms with Crippen LogP contribution in [-0.4, -0.2) is 4.40 Å². The van der Waals surface area contributed by atoms with E-state index in [-0.39, 0.29) is 21.2 Å². The van der Waals surface area contributed by atoms with E-state index in [0.29, 0.717) is 0 Å². The van der Waals surface area contributed by atoms with E-state index in [2.05, 4.69) is 108 Å². The summed E-state index contributed by atoms with van der Waals surface area (Å²) in [6, 6.07) is 36.6. The number of nitrogens with zero attached hydrogens (tertiary/aromatic N) is 1. The summed E-state index contributed by atoms with van der Waals surface area (Å²) >= 11 is 1.74. The predicted octanol–water partition coefficient (Wildman–Crippen LogP) is 5.88. The summed E-state index contributed by atoms with van der Waals surface area (Å²) in [4.78, 5) is 0. The molecule has 0 atom stereocenters. The quantitative estimate of drug-likeness (QED) is 0.158. The van der Waals surface area contributed by atoms with Gasteiger partial charge in [-0.3, -0.25) is 0 Å². The summed E-state index contributed by atoms with van der Waals surface area (Å²) in [5, 5.41) is 9.45. The first kappa shape index (κ1) is 18.9. The Balaban J connectivity index is 1.55. The van der Waals surface area contributed by atoms with E-state index >= 15 is 0 Å². The van der Waals surface area contributed by atoms with Crippen LogP contribution >= 0.6 is 11.3 Å². The van der Waals surface area contributed by atoms with Crippen molar-refractivity contribution in [1.29, 1.82) is 0 Å². The second kappa shape index (κ2) is 6.62. The summed E-state index contributed by atoms with van der Waals surface area (Å²) in [5.74, 6) is 0. The summed E-state index contributed by atoms with van der Waals surface area (Å²) in [6.07, 6.45) is 2.34. The summed E-state index contributed by atoms with van der Waals surface area (Å²) in [7, 11) is 0. The van der Waals surface area contributed by atoms with Gasteiger partial charge in [0.15, 0.2) is 0 Å². The first-order valence-corrected chi connectivity index (χ1v) is 14.8. The van der Waals surface area contributed by atoms with Gasteiger partial charge < -0.3 is 0 Å². The van der Waals surface area contributed by atoms with Crippen molar-refractivity contribution in [3.05, 3.63) is 110 Å². The molecule has 3 aromatic heterocycles. The molecule has 0 saturated carbocycles. The van der Waals surface area contributed by atoms with Gasteiger partial charge in [0.2, 0.25) is 0 Å². The van der Waals surface area contributed by atoms with Crippen molar-refractivity contribution in [3.8, 4) is 11.1 Å². The van der Waals surface area contributed by atoms with E-state index in [1.165, 1.54) is 69.3 Å². The van der Waals surface area contributed by atoms with Crippen molar-refractivity contribution in [2.45, 2.75) is 0 Å². The molecular formula is C32H17INS-. The second-order valence-corrected chi connectivity index (χ2v) is 13.3. The van der Waals surface area contributed by atoms with Crippen LogP contribution in [0, 0.1) is 7.14 Å². The zero-order chi connectivity index (χ0) is 22.7. The average molecular weight is 574 g/mol. The van der Waals surface area contributed by atoms with Gasteiger partial charge in [0.1, 0.15) is 0 Å². The molecule has 3 heteroatoms. The Labute approximate surface area is 215 Å². The molecule has 0 unspecified atom stereocenters. The Morgan fingerprint density at radius 2 is 1.37 bits per heavy atom. The maximum absolute atomic E-state index is 2.52. The molecule has 164 valence electrons. The van der Waals surface area contributed by atoms with Crippen LogP contribution in [0.3, 0.4) is 0 Å². The Bertz CT molecular complexity index is 2200. The number of hydrogen-bond donors (Lipinski definition) is 0. The topological polar surface area (TPSA) is 4.41 Å². The monoisotopic (exact) mass is 574 g/mol. The van der Waals surface area contributed by atoms with Gasteiger partial charge in [0.25, 0.3) is 0 Å². The number of hydrogen-bond acceptors (Lipinski definition) is 1. The van der Waals surface area contributed by atoms with E-state index < -0.39 is 0 Å². The van der Waals surface area contributed by atoms with E-state index in [1.807, 2.05) is 11.3 Å². The normalized spacial score (nSPS) is 13.3. The summed E-state index contributed by atoms with van der Waals surface area (Å²) in [6.45, 7) is 0. The number of thiophene rings is 1. The van der Waals surface area contributed by atoms with E-state index in [1.54, 1.807) is 7.14 Å². The van der Waals surface area contributed by atoms with Crippen molar-refractivity contribution >= 4 is 69.5 Å². The molecule has 8 aromatic rings. The van der Waals surface area contributed by atoms with Crippen LogP contribution < -0.4 is 21.2 Å². The Morgan fingerprint density at radius 3 is 2.34 bits per heavy atom. The van der Waals surface area contributed by atoms with E-state index in [4.69, 9.17) is 0 Å². The van der Waals surface area contributed by atoms with Crippen molar-refractivity contribution in [3.63, 3.8) is 0 Å². The number of benzene rings is 5. The fourth-order valence-corrected chi connectivity index (χ4v) is 10.0. The van der Waals surface area contributed by atoms with Crippen molar-refractivity contribution < 1.29 is 21.2 Å². The van der Waals surface area contributed by atoms with Gasteiger partial charge in [-0.2, -0.15) is 0 Å². The molecule has 0 aliphatic carbocycles. The Morgan fingerprint density at radius 1 is 0.543 bits per heavy atom. The van der Waals surface area contributed by atoms with E-state index in [0.717, 1.165) is 0 Å². The van der Waals surface area contributed by atoms with Gasteiger partial charge in [-0.1, -0.05) is 0 Å². The molecule has 5 aromatic carbocycles. The first-order valence-electron chi connectivity index (χ1n) is 11.8. The predicted molar refractivity (Wildman–Crippen MR) is 146 cm³/mol. The fourth-order valence-electron chi connectivity index (χ4n) is 5.95. The van der Waals surface area contributed by atoms with Gasteiger partial charge >= 0.3 is 217 Å². The molecule has 4 heterocycles. The molecule has 0 bridgehead atoms.